The van der Waals surface area contributed by atoms with Crippen molar-refractivity contribution in [3.8, 4) is 0 Å². The maximum atomic E-state index is 5.92. The second-order valence-corrected chi connectivity index (χ2v) is 5.27. The minimum Gasteiger partial charge on any atom is -0.450 e. The minimum absolute atomic E-state index is 0.112. The number of nitrogens with zero attached hydrogens (tertiary/aromatic N) is 4. The van der Waals surface area contributed by atoms with Crippen molar-refractivity contribution in [2.75, 3.05) is 5.32 Å². The van der Waals surface area contributed by atoms with Crippen LogP contribution in [0.1, 0.15) is 31.1 Å². The fourth-order valence-corrected chi connectivity index (χ4v) is 2.60. The number of furan rings is 1. The summed E-state index contributed by atoms with van der Waals surface area (Å²) < 4.78 is 11.0. The molecule has 0 saturated carbocycles. The average Bonchev–Trinajstić information content (AvgIpc) is 3.16. The van der Waals surface area contributed by atoms with E-state index in [9.17, 15) is 0 Å². The molecule has 3 aromatic heterocycles. The molecule has 3 heterocycles. The van der Waals surface area contributed by atoms with Crippen molar-refractivity contribution in [2.45, 2.75) is 26.3 Å². The highest BCUT2D eigenvalue weighted by molar-refractivity contribution is 6.05. The average molecular weight is 309 g/mol. The molecule has 0 bridgehead atoms. The molecule has 1 aromatic carbocycles. The maximum absolute atomic E-state index is 5.92. The van der Waals surface area contributed by atoms with Crippen molar-refractivity contribution in [2.24, 2.45) is 0 Å². The standard InChI is InChI=1S/C16H15N5O2/c1-3-11(15-19-9(2)23-21-15)20-16-14-13(17-8-18-16)10-6-4-5-7-12(10)22-14/h4-8,11H,3H2,1-2H3,(H,17,18,20). The van der Waals surface area contributed by atoms with Crippen LogP contribution in [0.15, 0.2) is 39.5 Å². The predicted molar refractivity (Wildman–Crippen MR) is 85.0 cm³/mol. The first-order chi connectivity index (χ1) is 11.3. The van der Waals surface area contributed by atoms with E-state index >= 15 is 0 Å². The van der Waals surface area contributed by atoms with Crippen LogP contribution in [0.5, 0.6) is 0 Å². The number of aryl methyl sites for hydroxylation is 1. The van der Waals surface area contributed by atoms with Crippen LogP contribution >= 0.6 is 0 Å². The molecule has 4 rings (SSSR count). The Labute approximate surface area is 131 Å². The summed E-state index contributed by atoms with van der Waals surface area (Å²) in [4.78, 5) is 13.0. The van der Waals surface area contributed by atoms with Crippen LogP contribution in [-0.2, 0) is 0 Å². The number of aromatic nitrogens is 4. The van der Waals surface area contributed by atoms with E-state index in [2.05, 4.69) is 25.4 Å². The third-order valence-electron chi connectivity index (χ3n) is 3.73. The third-order valence-corrected chi connectivity index (χ3v) is 3.73. The Kier molecular flexibility index (Phi) is 3.18. The normalized spacial score (nSPS) is 12.8. The topological polar surface area (TPSA) is 89.9 Å². The Morgan fingerprint density at radius 1 is 1.22 bits per heavy atom. The van der Waals surface area contributed by atoms with E-state index in [4.69, 9.17) is 8.94 Å². The summed E-state index contributed by atoms with van der Waals surface area (Å²) in [6, 6.07) is 7.68. The Balaban J connectivity index is 1.79. The Hall–Kier alpha value is -2.96. The lowest BCUT2D eigenvalue weighted by Crippen LogP contribution is -2.12. The summed E-state index contributed by atoms with van der Waals surface area (Å²) in [5, 5.41) is 8.28. The van der Waals surface area contributed by atoms with Gasteiger partial charge in [0.1, 0.15) is 17.4 Å². The van der Waals surface area contributed by atoms with Crippen LogP contribution in [0.4, 0.5) is 5.82 Å². The molecule has 1 unspecified atom stereocenters. The molecule has 4 aromatic rings. The Morgan fingerprint density at radius 3 is 2.87 bits per heavy atom. The molecule has 0 aliphatic heterocycles. The van der Waals surface area contributed by atoms with E-state index in [-0.39, 0.29) is 6.04 Å². The van der Waals surface area contributed by atoms with Crippen molar-refractivity contribution in [1.29, 1.82) is 0 Å². The lowest BCUT2D eigenvalue weighted by atomic mass is 10.2. The third kappa shape index (κ3) is 2.30. The lowest BCUT2D eigenvalue weighted by Gasteiger charge is -2.13. The summed E-state index contributed by atoms with van der Waals surface area (Å²) in [7, 11) is 0. The van der Waals surface area contributed by atoms with Gasteiger partial charge in [-0.1, -0.05) is 24.2 Å². The number of anilines is 1. The fraction of sp³-hybridized carbons (Fsp3) is 0.250. The van der Waals surface area contributed by atoms with Gasteiger partial charge in [-0.25, -0.2) is 9.97 Å². The zero-order chi connectivity index (χ0) is 15.8. The molecule has 23 heavy (non-hydrogen) atoms. The van der Waals surface area contributed by atoms with E-state index in [1.54, 1.807) is 6.92 Å². The summed E-state index contributed by atoms with van der Waals surface area (Å²) in [5.41, 5.74) is 2.21. The van der Waals surface area contributed by atoms with E-state index in [1.807, 2.05) is 31.2 Å². The second kappa shape index (κ2) is 5.35. The quantitative estimate of drug-likeness (QED) is 0.615. The molecule has 1 atom stereocenters. The molecule has 0 saturated heterocycles. The van der Waals surface area contributed by atoms with E-state index in [0.717, 1.165) is 22.9 Å². The van der Waals surface area contributed by atoms with Crippen LogP contribution in [0.2, 0.25) is 0 Å². The first kappa shape index (κ1) is 13.7. The number of fused-ring (bicyclic) bond motifs is 3. The molecule has 0 fully saturated rings. The largest absolute Gasteiger partial charge is 0.450 e. The van der Waals surface area contributed by atoms with Gasteiger partial charge in [-0.05, 0) is 18.6 Å². The van der Waals surface area contributed by atoms with Crippen molar-refractivity contribution < 1.29 is 8.94 Å². The zero-order valence-electron chi connectivity index (χ0n) is 12.8. The van der Waals surface area contributed by atoms with Gasteiger partial charge in [-0.3, -0.25) is 0 Å². The number of nitrogens with one attached hydrogen (secondary N) is 1. The molecule has 7 nitrogen and oxygen atoms in total. The highest BCUT2D eigenvalue weighted by Crippen LogP contribution is 2.32. The molecule has 7 heteroatoms. The molecule has 0 spiro atoms. The van der Waals surface area contributed by atoms with Gasteiger partial charge in [-0.15, -0.1) is 0 Å². The van der Waals surface area contributed by atoms with E-state index in [0.29, 0.717) is 23.1 Å². The first-order valence-electron chi connectivity index (χ1n) is 7.45. The summed E-state index contributed by atoms with van der Waals surface area (Å²) in [6.07, 6.45) is 2.31. The van der Waals surface area contributed by atoms with Gasteiger partial charge in [0.2, 0.25) is 5.89 Å². The number of hydrogen-bond donors (Lipinski definition) is 1. The molecular formula is C16H15N5O2. The molecule has 1 N–H and O–H groups in total. The number of rotatable bonds is 4. The van der Waals surface area contributed by atoms with E-state index in [1.165, 1.54) is 6.33 Å². The number of para-hydroxylation sites is 1. The van der Waals surface area contributed by atoms with Gasteiger partial charge in [0.25, 0.3) is 0 Å². The molecule has 0 aliphatic carbocycles. The van der Waals surface area contributed by atoms with Crippen LogP contribution in [0.3, 0.4) is 0 Å². The van der Waals surface area contributed by atoms with Crippen molar-refractivity contribution in [1.82, 2.24) is 20.1 Å². The highest BCUT2D eigenvalue weighted by Gasteiger charge is 2.19. The number of hydrogen-bond acceptors (Lipinski definition) is 7. The van der Waals surface area contributed by atoms with Crippen molar-refractivity contribution >= 4 is 27.9 Å². The summed E-state index contributed by atoms with van der Waals surface area (Å²) >= 11 is 0. The predicted octanol–water partition coefficient (Wildman–Crippen LogP) is 3.63. The van der Waals surface area contributed by atoms with Crippen LogP contribution in [-0.4, -0.2) is 20.1 Å². The summed E-state index contributed by atoms with van der Waals surface area (Å²) in [6.45, 7) is 3.81. The first-order valence-corrected chi connectivity index (χ1v) is 7.45. The molecular weight excluding hydrogens is 294 g/mol. The smallest absolute Gasteiger partial charge is 0.223 e. The fourth-order valence-electron chi connectivity index (χ4n) is 2.60. The van der Waals surface area contributed by atoms with Crippen molar-refractivity contribution in [3.63, 3.8) is 0 Å². The van der Waals surface area contributed by atoms with Gasteiger partial charge in [-0.2, -0.15) is 4.98 Å². The molecule has 116 valence electrons. The van der Waals surface area contributed by atoms with Crippen LogP contribution in [0.25, 0.3) is 22.1 Å². The molecule has 0 amide bonds. The van der Waals surface area contributed by atoms with Gasteiger partial charge >= 0.3 is 0 Å². The van der Waals surface area contributed by atoms with Gasteiger partial charge in [0.05, 0.1) is 6.04 Å². The summed E-state index contributed by atoms with van der Waals surface area (Å²) in [5.74, 6) is 1.77. The molecule has 0 radical (unpaired) electrons. The molecule has 0 aliphatic rings. The zero-order valence-corrected chi connectivity index (χ0v) is 12.8. The Bertz CT molecular complexity index is 975. The van der Waals surface area contributed by atoms with Crippen LogP contribution < -0.4 is 5.32 Å². The monoisotopic (exact) mass is 309 g/mol. The lowest BCUT2D eigenvalue weighted by molar-refractivity contribution is 0.384. The van der Waals surface area contributed by atoms with Crippen molar-refractivity contribution in [3.05, 3.63) is 42.3 Å². The number of benzene rings is 1. The van der Waals surface area contributed by atoms with E-state index < -0.39 is 0 Å². The van der Waals surface area contributed by atoms with Gasteiger partial charge in [0, 0.05) is 12.3 Å². The van der Waals surface area contributed by atoms with Gasteiger partial charge in [0.15, 0.2) is 17.2 Å². The maximum Gasteiger partial charge on any atom is 0.223 e. The van der Waals surface area contributed by atoms with Crippen LogP contribution in [0, 0.1) is 6.92 Å². The minimum atomic E-state index is -0.112. The second-order valence-electron chi connectivity index (χ2n) is 5.27. The van der Waals surface area contributed by atoms with Gasteiger partial charge < -0.3 is 14.3 Å². The highest BCUT2D eigenvalue weighted by atomic mass is 16.5. The Morgan fingerprint density at radius 2 is 2.09 bits per heavy atom. The SMILES string of the molecule is CCC(Nc1ncnc2c1oc1ccccc12)c1noc(C)n1.